The van der Waals surface area contributed by atoms with E-state index in [2.05, 4.69) is 6.07 Å². The smallest absolute Gasteiger partial charge is 0.415 e. The number of benzene rings is 2. The Balaban J connectivity index is 2.15. The number of fused-ring (bicyclic) bond motifs is 3. The van der Waals surface area contributed by atoms with E-state index >= 15 is 0 Å². The zero-order valence-corrected chi connectivity index (χ0v) is 12.5. The summed E-state index contributed by atoms with van der Waals surface area (Å²) < 4.78 is 5.29. The van der Waals surface area contributed by atoms with E-state index in [4.69, 9.17) is 4.74 Å². The molecule has 0 fully saturated rings. The van der Waals surface area contributed by atoms with Crippen LogP contribution in [-0.4, -0.2) is 18.2 Å². The maximum atomic E-state index is 12.4. The van der Waals surface area contributed by atoms with Crippen molar-refractivity contribution in [1.82, 2.24) is 0 Å². The van der Waals surface area contributed by atoms with Crippen molar-refractivity contribution in [3.8, 4) is 6.07 Å². The number of anilines is 1. The molecule has 1 heterocycles. The largest absolute Gasteiger partial charge is 0.446 e. The monoisotopic (exact) mass is 292 g/mol. The zero-order chi connectivity index (χ0) is 15.7. The van der Waals surface area contributed by atoms with Crippen molar-refractivity contribution in [3.63, 3.8) is 0 Å². The van der Waals surface area contributed by atoms with Gasteiger partial charge in [-0.25, -0.2) is 4.79 Å². The van der Waals surface area contributed by atoms with Crippen molar-refractivity contribution in [2.75, 3.05) is 4.90 Å². The van der Waals surface area contributed by atoms with Crippen LogP contribution in [0.4, 0.5) is 10.5 Å². The highest BCUT2D eigenvalue weighted by atomic mass is 16.6. The van der Waals surface area contributed by atoms with E-state index in [1.54, 1.807) is 19.9 Å². The Labute approximate surface area is 129 Å². The second-order valence-corrected chi connectivity index (χ2v) is 5.46. The van der Waals surface area contributed by atoms with Crippen LogP contribution in [0.1, 0.15) is 19.4 Å². The van der Waals surface area contributed by atoms with Gasteiger partial charge in [0.05, 0.1) is 17.9 Å². The SMILES string of the molecule is CC(C)OC(=O)N1c2ccc3ccccc3c2C=CC1C#N. The van der Waals surface area contributed by atoms with Crippen LogP contribution >= 0.6 is 0 Å². The number of rotatable bonds is 1. The average Bonchev–Trinajstić information content (AvgIpc) is 2.52. The standard InChI is InChI=1S/C18H16N2O2/c1-12(2)22-18(21)20-14(11-19)8-9-16-15-6-4-3-5-13(15)7-10-17(16)20/h3-10,12,14H,1-2H3. The van der Waals surface area contributed by atoms with Crippen LogP contribution in [0.2, 0.25) is 0 Å². The van der Waals surface area contributed by atoms with Crippen LogP contribution in [0.3, 0.4) is 0 Å². The molecular weight excluding hydrogens is 276 g/mol. The lowest BCUT2D eigenvalue weighted by Gasteiger charge is -2.30. The molecule has 0 spiro atoms. The summed E-state index contributed by atoms with van der Waals surface area (Å²) in [5.74, 6) is 0. The number of ether oxygens (including phenoxy) is 1. The van der Waals surface area contributed by atoms with Gasteiger partial charge in [-0.2, -0.15) is 5.26 Å². The summed E-state index contributed by atoms with van der Waals surface area (Å²) >= 11 is 0. The third kappa shape index (κ3) is 2.31. The minimum absolute atomic E-state index is 0.235. The summed E-state index contributed by atoms with van der Waals surface area (Å²) in [6.45, 7) is 3.58. The second-order valence-electron chi connectivity index (χ2n) is 5.46. The zero-order valence-electron chi connectivity index (χ0n) is 12.5. The number of nitrogens with zero attached hydrogens (tertiary/aromatic N) is 2. The molecule has 1 aliphatic heterocycles. The third-order valence-corrected chi connectivity index (χ3v) is 3.60. The molecule has 0 aromatic heterocycles. The fourth-order valence-corrected chi connectivity index (χ4v) is 2.66. The Bertz CT molecular complexity index is 802. The fraction of sp³-hybridized carbons (Fsp3) is 0.222. The molecule has 0 aliphatic carbocycles. The number of hydrogen-bond acceptors (Lipinski definition) is 3. The molecule has 2 aromatic carbocycles. The molecule has 1 atom stereocenters. The van der Waals surface area contributed by atoms with Gasteiger partial charge in [-0.3, -0.25) is 4.90 Å². The van der Waals surface area contributed by atoms with Gasteiger partial charge in [0.1, 0.15) is 6.04 Å². The van der Waals surface area contributed by atoms with Crippen molar-refractivity contribution in [2.24, 2.45) is 0 Å². The van der Waals surface area contributed by atoms with Crippen LogP contribution < -0.4 is 4.90 Å². The first-order chi connectivity index (χ1) is 10.6. The number of carbonyl (C=O) groups is 1. The Kier molecular flexibility index (Phi) is 3.56. The molecule has 110 valence electrons. The minimum atomic E-state index is -0.653. The van der Waals surface area contributed by atoms with Crippen molar-refractivity contribution in [2.45, 2.75) is 26.0 Å². The van der Waals surface area contributed by atoms with Crippen LogP contribution in [0.15, 0.2) is 42.5 Å². The Morgan fingerprint density at radius 1 is 1.27 bits per heavy atom. The van der Waals surface area contributed by atoms with Gasteiger partial charge in [-0.15, -0.1) is 0 Å². The summed E-state index contributed by atoms with van der Waals surface area (Å²) in [6.07, 6.45) is 2.91. The van der Waals surface area contributed by atoms with Gasteiger partial charge in [-0.1, -0.05) is 36.4 Å². The molecule has 0 N–H and O–H groups in total. The molecular formula is C18H16N2O2. The highest BCUT2D eigenvalue weighted by molar-refractivity contribution is 6.03. The molecule has 1 aliphatic rings. The molecule has 1 amide bonds. The van der Waals surface area contributed by atoms with E-state index in [0.717, 1.165) is 16.3 Å². The van der Waals surface area contributed by atoms with Gasteiger partial charge >= 0.3 is 6.09 Å². The lowest BCUT2D eigenvalue weighted by Crippen LogP contribution is -2.41. The van der Waals surface area contributed by atoms with Crippen LogP contribution in [0.25, 0.3) is 16.8 Å². The van der Waals surface area contributed by atoms with Crippen molar-refractivity contribution < 1.29 is 9.53 Å². The molecule has 1 unspecified atom stereocenters. The summed E-state index contributed by atoms with van der Waals surface area (Å²) in [5.41, 5.74) is 1.64. The highest BCUT2D eigenvalue weighted by Crippen LogP contribution is 2.35. The molecule has 0 saturated heterocycles. The van der Waals surface area contributed by atoms with Crippen molar-refractivity contribution in [1.29, 1.82) is 5.26 Å². The number of hydrogen-bond donors (Lipinski definition) is 0. The lowest BCUT2D eigenvalue weighted by molar-refractivity contribution is 0.122. The molecule has 0 bridgehead atoms. The Hall–Kier alpha value is -2.80. The molecule has 22 heavy (non-hydrogen) atoms. The molecule has 4 nitrogen and oxygen atoms in total. The number of amides is 1. The van der Waals surface area contributed by atoms with Gasteiger partial charge in [0.2, 0.25) is 0 Å². The van der Waals surface area contributed by atoms with Crippen LogP contribution in [0, 0.1) is 11.3 Å². The molecule has 2 aromatic rings. The maximum Gasteiger partial charge on any atom is 0.415 e. The first-order valence-corrected chi connectivity index (χ1v) is 7.21. The average molecular weight is 292 g/mol. The van der Waals surface area contributed by atoms with Gasteiger partial charge < -0.3 is 4.74 Å². The first kappa shape index (κ1) is 14.2. The summed E-state index contributed by atoms with van der Waals surface area (Å²) in [7, 11) is 0. The fourth-order valence-electron chi connectivity index (χ4n) is 2.66. The second kappa shape index (κ2) is 5.53. The van der Waals surface area contributed by atoms with Crippen LogP contribution in [0.5, 0.6) is 0 Å². The normalized spacial score (nSPS) is 16.5. The van der Waals surface area contributed by atoms with Gasteiger partial charge in [0.15, 0.2) is 0 Å². The van der Waals surface area contributed by atoms with E-state index in [1.165, 1.54) is 4.90 Å². The predicted molar refractivity (Wildman–Crippen MR) is 86.5 cm³/mol. The van der Waals surface area contributed by atoms with Crippen molar-refractivity contribution >= 4 is 28.6 Å². The highest BCUT2D eigenvalue weighted by Gasteiger charge is 2.30. The molecule has 3 rings (SSSR count). The summed E-state index contributed by atoms with van der Waals surface area (Å²) in [5, 5.41) is 11.5. The number of carbonyl (C=O) groups excluding carboxylic acids is 1. The van der Waals surface area contributed by atoms with Gasteiger partial charge in [0.25, 0.3) is 0 Å². The first-order valence-electron chi connectivity index (χ1n) is 7.21. The quantitative estimate of drug-likeness (QED) is 0.794. The van der Waals surface area contributed by atoms with E-state index in [-0.39, 0.29) is 6.10 Å². The van der Waals surface area contributed by atoms with E-state index in [9.17, 15) is 10.1 Å². The topological polar surface area (TPSA) is 53.3 Å². The Morgan fingerprint density at radius 3 is 2.77 bits per heavy atom. The molecule has 0 radical (unpaired) electrons. The van der Waals surface area contributed by atoms with Crippen molar-refractivity contribution in [3.05, 3.63) is 48.0 Å². The lowest BCUT2D eigenvalue weighted by atomic mass is 9.97. The predicted octanol–water partition coefficient (Wildman–Crippen LogP) is 4.11. The molecule has 0 saturated carbocycles. The summed E-state index contributed by atoms with van der Waals surface area (Å²) in [6, 6.07) is 13.3. The van der Waals surface area contributed by atoms with Crippen LogP contribution in [-0.2, 0) is 4.74 Å². The summed E-state index contributed by atoms with van der Waals surface area (Å²) in [4.78, 5) is 13.8. The van der Waals surface area contributed by atoms with E-state index < -0.39 is 12.1 Å². The molecule has 4 heteroatoms. The third-order valence-electron chi connectivity index (χ3n) is 3.60. The van der Waals surface area contributed by atoms with E-state index in [0.29, 0.717) is 5.69 Å². The van der Waals surface area contributed by atoms with Gasteiger partial charge in [-0.05, 0) is 36.8 Å². The van der Waals surface area contributed by atoms with Gasteiger partial charge in [0, 0.05) is 5.56 Å². The van der Waals surface area contributed by atoms with E-state index in [1.807, 2.05) is 42.5 Å². The Morgan fingerprint density at radius 2 is 2.05 bits per heavy atom. The maximum absolute atomic E-state index is 12.4. The minimum Gasteiger partial charge on any atom is -0.446 e. The number of nitriles is 1.